The Morgan fingerprint density at radius 2 is 1.87 bits per heavy atom. The maximum atomic E-state index is 12.6. The zero-order chi connectivity index (χ0) is 11.8. The van der Waals surface area contributed by atoms with Crippen molar-refractivity contribution in [1.82, 2.24) is 0 Å². The molecule has 1 nitrogen and oxygen atoms in total. The lowest BCUT2D eigenvalue weighted by Gasteiger charge is -2.13. The molecule has 0 bridgehead atoms. The molecule has 0 aliphatic heterocycles. The van der Waals surface area contributed by atoms with Gasteiger partial charge in [0, 0.05) is 10.6 Å². The summed E-state index contributed by atoms with van der Waals surface area (Å²) in [6.07, 6.45) is -4.56. The van der Waals surface area contributed by atoms with Crippen molar-refractivity contribution in [2.24, 2.45) is 0 Å². The third kappa shape index (κ3) is 2.50. The molecule has 0 radical (unpaired) electrons. The van der Waals surface area contributed by atoms with E-state index in [-0.39, 0.29) is 16.1 Å². The third-order valence-corrected chi connectivity index (χ3v) is 2.18. The number of aryl methyl sites for hydroxylation is 1. The van der Waals surface area contributed by atoms with E-state index in [2.05, 4.69) is 0 Å². The van der Waals surface area contributed by atoms with E-state index in [1.807, 2.05) is 0 Å². The number of carbonyl (C=O) groups is 1. The second kappa shape index (κ2) is 3.85. The average molecular weight is 237 g/mol. The predicted molar refractivity (Wildman–Crippen MR) is 51.2 cm³/mol. The van der Waals surface area contributed by atoms with Gasteiger partial charge >= 0.3 is 6.18 Å². The summed E-state index contributed by atoms with van der Waals surface area (Å²) >= 11 is 5.52. The molecule has 1 aromatic carbocycles. The fourth-order valence-corrected chi connectivity index (χ4v) is 1.71. The van der Waals surface area contributed by atoms with Gasteiger partial charge in [-0.1, -0.05) is 11.6 Å². The Labute approximate surface area is 89.9 Å². The first kappa shape index (κ1) is 12.0. The van der Waals surface area contributed by atoms with E-state index in [0.717, 1.165) is 13.0 Å². The van der Waals surface area contributed by atoms with E-state index in [0.29, 0.717) is 0 Å². The number of hydrogen-bond acceptors (Lipinski definition) is 1. The van der Waals surface area contributed by atoms with Crippen molar-refractivity contribution in [1.29, 1.82) is 0 Å². The van der Waals surface area contributed by atoms with Gasteiger partial charge in [0.25, 0.3) is 0 Å². The van der Waals surface area contributed by atoms with Gasteiger partial charge in [0.05, 0.1) is 5.56 Å². The molecule has 0 spiro atoms. The number of hydrogen-bond donors (Lipinski definition) is 0. The number of halogens is 4. The van der Waals surface area contributed by atoms with Gasteiger partial charge < -0.3 is 0 Å². The number of benzene rings is 1. The van der Waals surface area contributed by atoms with Gasteiger partial charge in [-0.3, -0.25) is 4.79 Å². The summed E-state index contributed by atoms with van der Waals surface area (Å²) in [6.45, 7) is 2.53. The van der Waals surface area contributed by atoms with Gasteiger partial charge in [0.1, 0.15) is 0 Å². The summed E-state index contributed by atoms with van der Waals surface area (Å²) in [5.74, 6) is -0.614. The van der Waals surface area contributed by atoms with Crippen LogP contribution in [0.5, 0.6) is 0 Å². The molecule has 0 atom stereocenters. The Kier molecular flexibility index (Phi) is 3.09. The molecule has 0 amide bonds. The fraction of sp³-hybridized carbons (Fsp3) is 0.300. The third-order valence-electron chi connectivity index (χ3n) is 1.96. The van der Waals surface area contributed by atoms with Crippen molar-refractivity contribution >= 4 is 17.4 Å². The second-order valence-electron chi connectivity index (χ2n) is 3.20. The lowest BCUT2D eigenvalue weighted by Crippen LogP contribution is -2.13. The molecule has 0 aromatic heterocycles. The van der Waals surface area contributed by atoms with Crippen LogP contribution in [-0.2, 0) is 6.18 Å². The first-order valence-electron chi connectivity index (χ1n) is 4.11. The molecule has 0 aliphatic carbocycles. The van der Waals surface area contributed by atoms with Crippen molar-refractivity contribution in [3.63, 3.8) is 0 Å². The van der Waals surface area contributed by atoms with Crippen LogP contribution in [0, 0.1) is 6.92 Å². The van der Waals surface area contributed by atoms with E-state index in [4.69, 9.17) is 11.6 Å². The van der Waals surface area contributed by atoms with Gasteiger partial charge in [-0.15, -0.1) is 0 Å². The lowest BCUT2D eigenvalue weighted by atomic mass is 9.98. The quantitative estimate of drug-likeness (QED) is 0.677. The van der Waals surface area contributed by atoms with Crippen LogP contribution in [0.1, 0.15) is 28.4 Å². The van der Waals surface area contributed by atoms with Crippen LogP contribution in [0.2, 0.25) is 5.02 Å². The normalized spacial score (nSPS) is 11.6. The minimum Gasteiger partial charge on any atom is -0.294 e. The highest BCUT2D eigenvalue weighted by atomic mass is 35.5. The van der Waals surface area contributed by atoms with Gasteiger partial charge in [0.2, 0.25) is 0 Å². The molecule has 0 aliphatic rings. The largest absolute Gasteiger partial charge is 0.417 e. The van der Waals surface area contributed by atoms with Crippen LogP contribution in [-0.4, -0.2) is 5.78 Å². The molecule has 1 aromatic rings. The molecule has 0 heterocycles. The zero-order valence-corrected chi connectivity index (χ0v) is 8.83. The Morgan fingerprint density at radius 3 is 2.27 bits per heavy atom. The maximum absolute atomic E-state index is 12.6. The molecule has 82 valence electrons. The predicted octanol–water partition coefficient (Wildman–Crippen LogP) is 3.87. The van der Waals surface area contributed by atoms with Crippen molar-refractivity contribution < 1.29 is 18.0 Å². The van der Waals surface area contributed by atoms with Crippen molar-refractivity contribution in [3.8, 4) is 0 Å². The molecule has 0 fully saturated rings. The summed E-state index contributed by atoms with van der Waals surface area (Å²) < 4.78 is 37.7. The Balaban J connectivity index is 3.54. The monoisotopic (exact) mass is 236 g/mol. The summed E-state index contributed by atoms with van der Waals surface area (Å²) in [4.78, 5) is 11.1. The van der Waals surface area contributed by atoms with Crippen LogP contribution in [0.4, 0.5) is 13.2 Å². The Hall–Kier alpha value is -1.03. The SMILES string of the molecule is CC(=O)c1c(C)cc(Cl)cc1C(F)(F)F. The van der Waals surface area contributed by atoms with E-state index in [1.54, 1.807) is 0 Å². The lowest BCUT2D eigenvalue weighted by molar-refractivity contribution is -0.137. The minimum absolute atomic E-state index is 0.0233. The number of rotatable bonds is 1. The molecule has 1 rings (SSSR count). The second-order valence-corrected chi connectivity index (χ2v) is 3.64. The highest BCUT2D eigenvalue weighted by molar-refractivity contribution is 6.30. The summed E-state index contributed by atoms with van der Waals surface area (Å²) in [5, 5.41) is -0.0233. The van der Waals surface area contributed by atoms with Crippen LogP contribution < -0.4 is 0 Å². The summed E-state index contributed by atoms with van der Waals surface area (Å²) in [5.41, 5.74) is -1.05. The fourth-order valence-electron chi connectivity index (χ4n) is 1.43. The van der Waals surface area contributed by atoms with Gasteiger partial charge in [-0.25, -0.2) is 0 Å². The first-order chi connectivity index (χ1) is 6.73. The van der Waals surface area contributed by atoms with Gasteiger partial charge in [-0.2, -0.15) is 13.2 Å². The highest BCUT2D eigenvalue weighted by Gasteiger charge is 2.35. The first-order valence-corrected chi connectivity index (χ1v) is 4.49. The molecule has 5 heteroatoms. The minimum atomic E-state index is -4.56. The summed E-state index contributed by atoms with van der Waals surface area (Å²) in [7, 11) is 0. The maximum Gasteiger partial charge on any atom is 0.417 e. The van der Waals surface area contributed by atoms with E-state index in [1.165, 1.54) is 13.0 Å². The number of alkyl halides is 3. The Morgan fingerprint density at radius 1 is 1.33 bits per heavy atom. The van der Waals surface area contributed by atoms with Crippen molar-refractivity contribution in [3.05, 3.63) is 33.8 Å². The number of ketones is 1. The van der Waals surface area contributed by atoms with Gasteiger partial charge in [-0.05, 0) is 31.5 Å². The van der Waals surface area contributed by atoms with Crippen LogP contribution in [0.15, 0.2) is 12.1 Å². The Bertz CT molecular complexity index is 410. The molecular weight excluding hydrogens is 229 g/mol. The molecule has 0 saturated carbocycles. The highest BCUT2D eigenvalue weighted by Crippen LogP contribution is 2.35. The smallest absolute Gasteiger partial charge is 0.294 e. The standard InChI is InChI=1S/C10H8ClF3O/c1-5-3-7(11)4-8(10(12,13)14)9(5)6(2)15/h3-4H,1-2H3. The van der Waals surface area contributed by atoms with E-state index < -0.39 is 17.5 Å². The number of Topliss-reactive ketones (excluding diaryl/α,β-unsaturated/α-hetero) is 1. The van der Waals surface area contributed by atoms with Crippen LogP contribution in [0.25, 0.3) is 0 Å². The molecule has 0 saturated heterocycles. The van der Waals surface area contributed by atoms with E-state index in [9.17, 15) is 18.0 Å². The van der Waals surface area contributed by atoms with E-state index >= 15 is 0 Å². The molecular formula is C10H8ClF3O. The van der Waals surface area contributed by atoms with Crippen LogP contribution in [0.3, 0.4) is 0 Å². The van der Waals surface area contributed by atoms with Crippen molar-refractivity contribution in [2.75, 3.05) is 0 Å². The molecule has 0 unspecified atom stereocenters. The van der Waals surface area contributed by atoms with Gasteiger partial charge in [0.15, 0.2) is 5.78 Å². The number of carbonyl (C=O) groups excluding carboxylic acids is 1. The molecule has 0 N–H and O–H groups in total. The summed E-state index contributed by atoms with van der Waals surface area (Å²) in [6, 6.07) is 2.11. The zero-order valence-electron chi connectivity index (χ0n) is 8.07. The molecule has 15 heavy (non-hydrogen) atoms. The topological polar surface area (TPSA) is 17.1 Å². The average Bonchev–Trinajstić information content (AvgIpc) is 1.99. The van der Waals surface area contributed by atoms with Crippen LogP contribution >= 0.6 is 11.6 Å². The van der Waals surface area contributed by atoms with Crippen molar-refractivity contribution in [2.45, 2.75) is 20.0 Å².